The molecule has 2 aliphatic rings. The zero-order chi connectivity index (χ0) is 18.6. The summed E-state index contributed by atoms with van der Waals surface area (Å²) in [5, 5.41) is -0.403. The van der Waals surface area contributed by atoms with Gasteiger partial charge in [0.2, 0.25) is 5.91 Å². The predicted molar refractivity (Wildman–Crippen MR) is 103 cm³/mol. The van der Waals surface area contributed by atoms with Crippen LogP contribution in [0.2, 0.25) is 0 Å². The largest absolute Gasteiger partial charge is 0.490 e. The summed E-state index contributed by atoms with van der Waals surface area (Å²) in [6, 6.07) is 0. The lowest BCUT2D eigenvalue weighted by Gasteiger charge is -2.42. The quantitative estimate of drug-likeness (QED) is 0.560. The van der Waals surface area contributed by atoms with Crippen LogP contribution in [-0.4, -0.2) is 41.0 Å². The Hall–Kier alpha value is -0.375. The molecular weight excluding hydrogens is 320 g/mol. The molecule has 0 aromatic rings. The third kappa shape index (κ3) is 4.06. The number of nitrogens with zero attached hydrogens (tertiary/aromatic N) is 1. The van der Waals surface area contributed by atoms with E-state index in [1.807, 2.05) is 4.90 Å². The second kappa shape index (κ2) is 6.11. The average Bonchev–Trinajstić information content (AvgIpc) is 2.54. The van der Waals surface area contributed by atoms with Gasteiger partial charge < -0.3 is 14.2 Å². The first-order valence-corrected chi connectivity index (χ1v) is 9.39. The maximum absolute atomic E-state index is 12.7. The second-order valence-electron chi connectivity index (χ2n) is 9.57. The van der Waals surface area contributed by atoms with Gasteiger partial charge in [-0.25, -0.2) is 0 Å². The first kappa shape index (κ1) is 19.9. The van der Waals surface area contributed by atoms with Crippen molar-refractivity contribution in [2.24, 2.45) is 5.41 Å². The SMILES string of the molecule is CC(C)(C)CC(=O)N1CCC(B2OC(C)(C)C(C)(C)O2)=C[C@@]1(C)P. The number of rotatable bonds is 2. The molecule has 0 N–H and O–H groups in total. The van der Waals surface area contributed by atoms with Crippen LogP contribution < -0.4 is 0 Å². The van der Waals surface area contributed by atoms with Gasteiger partial charge >= 0.3 is 7.12 Å². The van der Waals surface area contributed by atoms with Gasteiger partial charge in [0.1, 0.15) is 0 Å². The highest BCUT2D eigenvalue weighted by Gasteiger charge is 2.53. The Morgan fingerprint density at radius 2 is 1.71 bits per heavy atom. The maximum Gasteiger partial charge on any atom is 0.490 e. The lowest BCUT2D eigenvalue weighted by Crippen LogP contribution is -2.49. The van der Waals surface area contributed by atoms with Crippen molar-refractivity contribution in [2.75, 3.05) is 6.54 Å². The fourth-order valence-corrected chi connectivity index (χ4v) is 3.62. The Bertz CT molecular complexity index is 533. The Morgan fingerprint density at radius 1 is 1.21 bits per heavy atom. The molecular formula is C18H33BNO3P. The van der Waals surface area contributed by atoms with Crippen LogP contribution >= 0.6 is 9.24 Å². The van der Waals surface area contributed by atoms with Crippen molar-refractivity contribution >= 4 is 22.3 Å². The molecule has 0 radical (unpaired) electrons. The van der Waals surface area contributed by atoms with E-state index in [0.29, 0.717) is 13.0 Å². The fourth-order valence-electron chi connectivity index (χ4n) is 3.13. The van der Waals surface area contributed by atoms with Crippen molar-refractivity contribution in [1.82, 2.24) is 4.90 Å². The maximum atomic E-state index is 12.7. The monoisotopic (exact) mass is 353 g/mol. The van der Waals surface area contributed by atoms with Crippen LogP contribution in [0.25, 0.3) is 0 Å². The Kier molecular flexibility index (Phi) is 5.07. The Morgan fingerprint density at radius 3 is 2.12 bits per heavy atom. The lowest BCUT2D eigenvalue weighted by molar-refractivity contribution is -0.135. The van der Waals surface area contributed by atoms with Gasteiger partial charge in [0.05, 0.1) is 16.5 Å². The van der Waals surface area contributed by atoms with Crippen molar-refractivity contribution < 1.29 is 14.1 Å². The van der Waals surface area contributed by atoms with Gasteiger partial charge in [-0.2, -0.15) is 0 Å². The van der Waals surface area contributed by atoms with Crippen LogP contribution in [0.1, 0.15) is 68.2 Å². The van der Waals surface area contributed by atoms with Gasteiger partial charge in [-0.3, -0.25) is 4.79 Å². The van der Waals surface area contributed by atoms with Crippen molar-refractivity contribution in [3.05, 3.63) is 11.5 Å². The fraction of sp³-hybridized carbons (Fsp3) is 0.833. The van der Waals surface area contributed by atoms with Gasteiger partial charge in [-0.1, -0.05) is 26.8 Å². The molecule has 24 heavy (non-hydrogen) atoms. The third-order valence-electron chi connectivity index (χ3n) is 5.22. The third-order valence-corrected chi connectivity index (χ3v) is 5.70. The van der Waals surface area contributed by atoms with Gasteiger partial charge in [-0.15, -0.1) is 9.24 Å². The molecule has 1 saturated heterocycles. The molecule has 4 nitrogen and oxygen atoms in total. The van der Waals surface area contributed by atoms with E-state index in [4.69, 9.17) is 9.31 Å². The van der Waals surface area contributed by atoms with Crippen molar-refractivity contribution in [3.8, 4) is 0 Å². The van der Waals surface area contributed by atoms with E-state index in [2.05, 4.69) is 70.7 Å². The summed E-state index contributed by atoms with van der Waals surface area (Å²) in [6.07, 6.45) is 3.47. The molecule has 6 heteroatoms. The van der Waals surface area contributed by atoms with Crippen molar-refractivity contribution in [2.45, 2.75) is 84.7 Å². The molecule has 0 aromatic heterocycles. The molecule has 136 valence electrons. The van der Waals surface area contributed by atoms with E-state index in [1.165, 1.54) is 0 Å². The van der Waals surface area contributed by atoms with Crippen molar-refractivity contribution in [1.29, 1.82) is 0 Å². The van der Waals surface area contributed by atoms with Crippen molar-refractivity contribution in [3.63, 3.8) is 0 Å². The standard InChI is InChI=1S/C18H33BNO3P/c1-15(2,3)12-14(21)20-10-9-13(11-18(20,8)24)19-22-16(4,5)17(6,7)23-19/h11H,9-10,12,24H2,1-8H3/t18-/m1/s1. The topological polar surface area (TPSA) is 38.8 Å². The molecule has 0 spiro atoms. The highest BCUT2D eigenvalue weighted by molar-refractivity contribution is 7.19. The van der Waals surface area contributed by atoms with E-state index in [-0.39, 0.29) is 29.6 Å². The normalized spacial score (nSPS) is 29.6. The van der Waals surface area contributed by atoms with Crippen LogP contribution in [-0.2, 0) is 14.1 Å². The molecule has 0 aromatic carbocycles. The molecule has 1 unspecified atom stereocenters. The van der Waals surface area contributed by atoms with E-state index in [0.717, 1.165) is 11.9 Å². The number of carbonyl (C=O) groups excluding carboxylic acids is 1. The van der Waals surface area contributed by atoms with Crippen LogP contribution in [0.3, 0.4) is 0 Å². The van der Waals surface area contributed by atoms with Crippen LogP contribution in [0.5, 0.6) is 0 Å². The lowest BCUT2D eigenvalue weighted by atomic mass is 9.73. The zero-order valence-electron chi connectivity index (χ0n) is 16.5. The zero-order valence-corrected chi connectivity index (χ0v) is 17.7. The highest BCUT2D eigenvalue weighted by atomic mass is 31.0. The molecule has 0 aliphatic carbocycles. The minimum Gasteiger partial charge on any atom is -0.400 e. The van der Waals surface area contributed by atoms with Crippen LogP contribution in [0, 0.1) is 5.41 Å². The minimum atomic E-state index is -0.403. The molecule has 2 aliphatic heterocycles. The summed E-state index contributed by atoms with van der Waals surface area (Å²) in [4.78, 5) is 14.6. The molecule has 2 heterocycles. The summed E-state index contributed by atoms with van der Waals surface area (Å²) in [5.74, 6) is 0.198. The first-order chi connectivity index (χ1) is 10.6. The van der Waals surface area contributed by atoms with Crippen LogP contribution in [0.4, 0.5) is 0 Å². The Labute approximate surface area is 150 Å². The summed E-state index contributed by atoms with van der Waals surface area (Å²) in [5.41, 5.74) is 0.447. The number of carbonyl (C=O) groups is 1. The van der Waals surface area contributed by atoms with Gasteiger partial charge in [0, 0.05) is 13.0 Å². The smallest absolute Gasteiger partial charge is 0.400 e. The summed E-state index contributed by atoms with van der Waals surface area (Å²) < 4.78 is 12.3. The summed E-state index contributed by atoms with van der Waals surface area (Å²) >= 11 is 0. The average molecular weight is 353 g/mol. The van der Waals surface area contributed by atoms with Crippen LogP contribution in [0.15, 0.2) is 11.5 Å². The molecule has 0 bridgehead atoms. The first-order valence-electron chi connectivity index (χ1n) is 8.81. The van der Waals surface area contributed by atoms with E-state index >= 15 is 0 Å². The van der Waals surface area contributed by atoms with E-state index in [1.54, 1.807) is 0 Å². The highest BCUT2D eigenvalue weighted by Crippen LogP contribution is 2.42. The number of hydrogen-bond donors (Lipinski definition) is 0. The summed E-state index contributed by atoms with van der Waals surface area (Å²) in [7, 11) is 2.50. The number of hydrogen-bond acceptors (Lipinski definition) is 3. The second-order valence-corrected chi connectivity index (χ2v) is 10.7. The summed E-state index contributed by atoms with van der Waals surface area (Å²) in [6.45, 7) is 17.3. The molecule has 1 fully saturated rings. The van der Waals surface area contributed by atoms with E-state index in [9.17, 15) is 4.79 Å². The number of amides is 1. The van der Waals surface area contributed by atoms with E-state index < -0.39 is 5.28 Å². The predicted octanol–water partition coefficient (Wildman–Crippen LogP) is 3.80. The van der Waals surface area contributed by atoms with Gasteiger partial charge in [0.15, 0.2) is 0 Å². The van der Waals surface area contributed by atoms with Gasteiger partial charge in [0.25, 0.3) is 0 Å². The Balaban J connectivity index is 2.17. The molecule has 1 amide bonds. The molecule has 2 atom stereocenters. The molecule has 0 saturated carbocycles. The molecule has 2 rings (SSSR count). The van der Waals surface area contributed by atoms with Gasteiger partial charge in [-0.05, 0) is 51.9 Å². The minimum absolute atomic E-state index is 0.00640.